The van der Waals surface area contributed by atoms with E-state index in [0.717, 1.165) is 18.5 Å². The molecule has 0 bridgehead atoms. The summed E-state index contributed by atoms with van der Waals surface area (Å²) in [4.78, 5) is 2.38. The molecule has 0 aromatic heterocycles. The van der Waals surface area contributed by atoms with Crippen molar-refractivity contribution in [2.45, 2.75) is 39.3 Å². The zero-order valence-electron chi connectivity index (χ0n) is 11.3. The van der Waals surface area contributed by atoms with Crippen LogP contribution >= 0.6 is 23.2 Å². The molecule has 0 aliphatic heterocycles. The third kappa shape index (κ3) is 3.61. The molecule has 0 saturated heterocycles. The summed E-state index contributed by atoms with van der Waals surface area (Å²) in [7, 11) is 0. The number of benzene rings is 1. The summed E-state index contributed by atoms with van der Waals surface area (Å²) >= 11 is 12.2. The van der Waals surface area contributed by atoms with E-state index < -0.39 is 0 Å². The van der Waals surface area contributed by atoms with Crippen LogP contribution in [0.2, 0.25) is 10.0 Å². The van der Waals surface area contributed by atoms with E-state index in [1.807, 2.05) is 12.1 Å². The molecule has 1 aromatic rings. The first kappa shape index (κ1) is 15.8. The standard InChI is InChI=1S/C14H22Cl2N2/c1-4-10(3)18(5-2)14(9-17)12-7-6-11(15)8-13(12)16/h6-8,10,14H,4-5,9,17H2,1-3H3. The topological polar surface area (TPSA) is 29.3 Å². The minimum Gasteiger partial charge on any atom is -0.329 e. The molecule has 0 fully saturated rings. The minimum atomic E-state index is 0.148. The first-order valence-corrected chi connectivity index (χ1v) is 7.21. The van der Waals surface area contributed by atoms with E-state index in [2.05, 4.69) is 25.7 Å². The van der Waals surface area contributed by atoms with Gasteiger partial charge in [0.05, 0.1) is 0 Å². The van der Waals surface area contributed by atoms with Crippen molar-refractivity contribution in [3.8, 4) is 0 Å². The first-order chi connectivity index (χ1) is 8.54. The number of rotatable bonds is 6. The molecular weight excluding hydrogens is 267 g/mol. The molecule has 0 heterocycles. The van der Waals surface area contributed by atoms with Crippen LogP contribution in [-0.4, -0.2) is 24.0 Å². The molecule has 2 nitrogen and oxygen atoms in total. The number of nitrogens with two attached hydrogens (primary N) is 1. The predicted octanol–water partition coefficient (Wildman–Crippen LogP) is 4.11. The summed E-state index contributed by atoms with van der Waals surface area (Å²) < 4.78 is 0. The lowest BCUT2D eigenvalue weighted by molar-refractivity contribution is 0.152. The third-order valence-electron chi connectivity index (χ3n) is 3.47. The summed E-state index contributed by atoms with van der Waals surface area (Å²) in [6.45, 7) is 8.06. The maximum Gasteiger partial charge on any atom is 0.0487 e. The lowest BCUT2D eigenvalue weighted by Crippen LogP contribution is -2.39. The van der Waals surface area contributed by atoms with Crippen LogP contribution in [0.1, 0.15) is 38.8 Å². The largest absolute Gasteiger partial charge is 0.329 e. The second-order valence-electron chi connectivity index (χ2n) is 4.51. The van der Waals surface area contributed by atoms with Gasteiger partial charge in [0.25, 0.3) is 0 Å². The van der Waals surface area contributed by atoms with Gasteiger partial charge in [0.2, 0.25) is 0 Å². The molecule has 102 valence electrons. The summed E-state index contributed by atoms with van der Waals surface area (Å²) in [5.74, 6) is 0. The van der Waals surface area contributed by atoms with E-state index >= 15 is 0 Å². The van der Waals surface area contributed by atoms with Gasteiger partial charge >= 0.3 is 0 Å². The molecule has 18 heavy (non-hydrogen) atoms. The Hall–Kier alpha value is -0.280. The molecular formula is C14H22Cl2N2. The van der Waals surface area contributed by atoms with Crippen LogP contribution in [0.4, 0.5) is 0 Å². The minimum absolute atomic E-state index is 0.148. The summed E-state index contributed by atoms with van der Waals surface area (Å²) in [5.41, 5.74) is 7.01. The van der Waals surface area contributed by atoms with Gasteiger partial charge in [0, 0.05) is 28.7 Å². The smallest absolute Gasteiger partial charge is 0.0487 e. The number of halogens is 2. The lowest BCUT2D eigenvalue weighted by Gasteiger charge is -2.35. The average Bonchev–Trinajstić information content (AvgIpc) is 2.36. The number of likely N-dealkylation sites (N-methyl/N-ethyl adjacent to an activating group) is 1. The summed E-state index contributed by atoms with van der Waals surface area (Å²) in [5, 5.41) is 1.35. The number of hydrogen-bond donors (Lipinski definition) is 1. The Kier molecular flexibility index (Phi) is 6.44. The fourth-order valence-corrected chi connectivity index (χ4v) is 2.82. The van der Waals surface area contributed by atoms with Gasteiger partial charge in [-0.1, -0.05) is 43.1 Å². The quantitative estimate of drug-likeness (QED) is 0.853. The molecule has 4 heteroatoms. The highest BCUT2D eigenvalue weighted by molar-refractivity contribution is 6.35. The molecule has 0 aliphatic carbocycles. The average molecular weight is 289 g/mol. The van der Waals surface area contributed by atoms with Crippen molar-refractivity contribution in [1.29, 1.82) is 0 Å². The van der Waals surface area contributed by atoms with Crippen LogP contribution in [-0.2, 0) is 0 Å². The zero-order valence-corrected chi connectivity index (χ0v) is 12.8. The van der Waals surface area contributed by atoms with Gasteiger partial charge in [-0.3, -0.25) is 4.90 Å². The highest BCUT2D eigenvalue weighted by Gasteiger charge is 2.23. The van der Waals surface area contributed by atoms with Crippen LogP contribution in [0.3, 0.4) is 0 Å². The molecule has 0 saturated carbocycles. The Morgan fingerprint density at radius 3 is 2.39 bits per heavy atom. The second kappa shape index (κ2) is 7.34. The predicted molar refractivity (Wildman–Crippen MR) is 80.4 cm³/mol. The molecule has 2 atom stereocenters. The molecule has 0 spiro atoms. The van der Waals surface area contributed by atoms with Gasteiger partial charge < -0.3 is 5.73 Å². The molecule has 0 radical (unpaired) electrons. The van der Waals surface area contributed by atoms with Crippen LogP contribution in [0, 0.1) is 0 Å². The monoisotopic (exact) mass is 288 g/mol. The fraction of sp³-hybridized carbons (Fsp3) is 0.571. The highest BCUT2D eigenvalue weighted by atomic mass is 35.5. The first-order valence-electron chi connectivity index (χ1n) is 6.45. The molecule has 1 rings (SSSR count). The Balaban J connectivity index is 3.07. The van der Waals surface area contributed by atoms with Gasteiger partial charge in [-0.2, -0.15) is 0 Å². The van der Waals surface area contributed by atoms with E-state index in [-0.39, 0.29) is 6.04 Å². The van der Waals surface area contributed by atoms with E-state index in [1.54, 1.807) is 6.07 Å². The van der Waals surface area contributed by atoms with Crippen molar-refractivity contribution in [3.63, 3.8) is 0 Å². The van der Waals surface area contributed by atoms with Crippen LogP contribution < -0.4 is 5.73 Å². The van der Waals surface area contributed by atoms with Crippen molar-refractivity contribution >= 4 is 23.2 Å². The van der Waals surface area contributed by atoms with Crippen molar-refractivity contribution in [2.75, 3.05) is 13.1 Å². The van der Waals surface area contributed by atoms with Gasteiger partial charge in [-0.05, 0) is 37.6 Å². The number of nitrogens with zero attached hydrogens (tertiary/aromatic N) is 1. The Morgan fingerprint density at radius 1 is 1.28 bits per heavy atom. The number of hydrogen-bond acceptors (Lipinski definition) is 2. The molecule has 1 aromatic carbocycles. The maximum atomic E-state index is 6.29. The lowest BCUT2D eigenvalue weighted by atomic mass is 10.0. The maximum absolute atomic E-state index is 6.29. The third-order valence-corrected chi connectivity index (χ3v) is 4.03. The molecule has 2 N–H and O–H groups in total. The molecule has 2 unspecified atom stereocenters. The summed E-state index contributed by atoms with van der Waals surface area (Å²) in [6, 6.07) is 6.26. The van der Waals surface area contributed by atoms with Crippen molar-refractivity contribution in [1.82, 2.24) is 4.90 Å². The Labute approximate surface area is 120 Å². The van der Waals surface area contributed by atoms with Gasteiger partial charge in [-0.15, -0.1) is 0 Å². The van der Waals surface area contributed by atoms with E-state index in [4.69, 9.17) is 28.9 Å². The second-order valence-corrected chi connectivity index (χ2v) is 5.35. The van der Waals surface area contributed by atoms with E-state index in [0.29, 0.717) is 22.6 Å². The van der Waals surface area contributed by atoms with Crippen LogP contribution in [0.15, 0.2) is 18.2 Å². The van der Waals surface area contributed by atoms with Crippen molar-refractivity contribution in [3.05, 3.63) is 33.8 Å². The van der Waals surface area contributed by atoms with Gasteiger partial charge in [0.15, 0.2) is 0 Å². The summed E-state index contributed by atoms with van der Waals surface area (Å²) in [6.07, 6.45) is 1.09. The Bertz CT molecular complexity index is 382. The van der Waals surface area contributed by atoms with Crippen LogP contribution in [0.5, 0.6) is 0 Å². The normalized spacial score (nSPS) is 14.8. The Morgan fingerprint density at radius 2 is 1.94 bits per heavy atom. The van der Waals surface area contributed by atoms with Gasteiger partial charge in [0.1, 0.15) is 0 Å². The highest BCUT2D eigenvalue weighted by Crippen LogP contribution is 2.30. The molecule has 0 amide bonds. The van der Waals surface area contributed by atoms with Gasteiger partial charge in [-0.25, -0.2) is 0 Å². The van der Waals surface area contributed by atoms with E-state index in [9.17, 15) is 0 Å². The van der Waals surface area contributed by atoms with Crippen LogP contribution in [0.25, 0.3) is 0 Å². The van der Waals surface area contributed by atoms with Crippen molar-refractivity contribution in [2.24, 2.45) is 5.73 Å². The fourth-order valence-electron chi connectivity index (χ4n) is 2.29. The SMILES string of the molecule is CCC(C)N(CC)C(CN)c1ccc(Cl)cc1Cl. The van der Waals surface area contributed by atoms with Crippen molar-refractivity contribution < 1.29 is 0 Å². The molecule has 0 aliphatic rings. The van der Waals surface area contributed by atoms with E-state index in [1.165, 1.54) is 0 Å². The zero-order chi connectivity index (χ0) is 13.7.